The summed E-state index contributed by atoms with van der Waals surface area (Å²) in [6.07, 6.45) is 3.45. The van der Waals surface area contributed by atoms with E-state index in [0.717, 1.165) is 18.3 Å². The molecule has 4 atom stereocenters. The second-order valence-electron chi connectivity index (χ2n) is 7.77. The number of hydrogen-bond donors (Lipinski definition) is 1. The van der Waals surface area contributed by atoms with Gasteiger partial charge >= 0.3 is 0 Å². The van der Waals surface area contributed by atoms with E-state index in [4.69, 9.17) is 0 Å². The van der Waals surface area contributed by atoms with Crippen LogP contribution in [0.1, 0.15) is 60.8 Å². The van der Waals surface area contributed by atoms with Gasteiger partial charge in [-0.15, -0.1) is 0 Å². The molecule has 0 aromatic carbocycles. The van der Waals surface area contributed by atoms with Gasteiger partial charge in [0, 0.05) is 11.5 Å². The van der Waals surface area contributed by atoms with Crippen molar-refractivity contribution in [1.29, 1.82) is 0 Å². The Morgan fingerprint density at radius 3 is 2.39 bits per heavy atom. The van der Waals surface area contributed by atoms with Gasteiger partial charge in [0.05, 0.1) is 0 Å². The van der Waals surface area contributed by atoms with Gasteiger partial charge in [-0.05, 0) is 42.4 Å². The van der Waals surface area contributed by atoms with Crippen molar-refractivity contribution in [2.75, 3.05) is 0 Å². The van der Waals surface area contributed by atoms with Crippen LogP contribution in [0.4, 0.5) is 0 Å². The Morgan fingerprint density at radius 1 is 1.33 bits per heavy atom. The van der Waals surface area contributed by atoms with Crippen molar-refractivity contribution >= 4 is 5.91 Å². The van der Waals surface area contributed by atoms with Crippen molar-refractivity contribution in [3.05, 3.63) is 0 Å². The van der Waals surface area contributed by atoms with Crippen LogP contribution in [0.25, 0.3) is 0 Å². The molecule has 0 radical (unpaired) electrons. The summed E-state index contributed by atoms with van der Waals surface area (Å²) >= 11 is 0. The summed E-state index contributed by atoms with van der Waals surface area (Å²) in [7, 11) is 0. The minimum absolute atomic E-state index is 0.225. The van der Waals surface area contributed by atoms with Gasteiger partial charge < -0.3 is 5.32 Å². The molecule has 2 nitrogen and oxygen atoms in total. The van der Waals surface area contributed by atoms with E-state index in [1.807, 2.05) is 13.8 Å². The van der Waals surface area contributed by atoms with E-state index in [2.05, 4.69) is 33.0 Å². The molecule has 3 rings (SSSR count). The number of carbonyl (C=O) groups is 1. The molecule has 1 amide bonds. The number of carbonyl (C=O) groups excluding carboxylic acids is 1. The minimum Gasteiger partial charge on any atom is -0.353 e. The fraction of sp³-hybridized carbons (Fsp3) is 0.938. The zero-order valence-electron chi connectivity index (χ0n) is 12.8. The Hall–Kier alpha value is -0.530. The Labute approximate surface area is 112 Å². The Bertz CT molecular complexity index is 345. The van der Waals surface area contributed by atoms with Crippen LogP contribution in [-0.2, 0) is 4.79 Å². The number of amides is 1. The molecule has 2 bridgehead atoms. The monoisotopic (exact) mass is 251 g/mol. The highest BCUT2D eigenvalue weighted by atomic mass is 16.2. The van der Waals surface area contributed by atoms with E-state index in [1.54, 1.807) is 0 Å². The van der Waals surface area contributed by atoms with Crippen molar-refractivity contribution in [2.45, 2.75) is 66.8 Å². The first kappa shape index (κ1) is 13.9. The molecule has 0 spiro atoms. The van der Waals surface area contributed by atoms with E-state index >= 15 is 0 Å². The fourth-order valence-electron chi connectivity index (χ4n) is 3.86. The fourth-order valence-corrected chi connectivity index (χ4v) is 3.86. The van der Waals surface area contributed by atoms with Crippen molar-refractivity contribution in [3.8, 4) is 0 Å². The van der Waals surface area contributed by atoms with Gasteiger partial charge in [0.25, 0.3) is 0 Å². The summed E-state index contributed by atoms with van der Waals surface area (Å²) < 4.78 is 0. The van der Waals surface area contributed by atoms with Crippen molar-refractivity contribution in [1.82, 2.24) is 5.32 Å². The third-order valence-corrected chi connectivity index (χ3v) is 6.17. The van der Waals surface area contributed by atoms with Crippen molar-refractivity contribution in [3.63, 3.8) is 0 Å². The largest absolute Gasteiger partial charge is 0.353 e. The molecule has 18 heavy (non-hydrogen) atoms. The van der Waals surface area contributed by atoms with Gasteiger partial charge in [-0.3, -0.25) is 4.79 Å². The van der Waals surface area contributed by atoms with Crippen LogP contribution in [0.5, 0.6) is 0 Å². The SMILES string of the molecule is CCC(C)(C)C(=O)N[C@@H]1CC2C[C@H](C1C)C2(C)C. The molecule has 0 saturated heterocycles. The zero-order valence-corrected chi connectivity index (χ0v) is 12.8. The van der Waals surface area contributed by atoms with E-state index in [1.165, 1.54) is 12.8 Å². The van der Waals surface area contributed by atoms with Gasteiger partial charge in [0.1, 0.15) is 0 Å². The zero-order chi connectivity index (χ0) is 13.7. The maximum absolute atomic E-state index is 12.3. The summed E-state index contributed by atoms with van der Waals surface area (Å²) in [6, 6.07) is 0.403. The van der Waals surface area contributed by atoms with Crippen LogP contribution in [0.3, 0.4) is 0 Å². The molecule has 3 saturated carbocycles. The highest BCUT2D eigenvalue weighted by Crippen LogP contribution is 2.61. The van der Waals surface area contributed by atoms with Gasteiger partial charge in [0.2, 0.25) is 5.91 Å². The molecule has 3 aliphatic rings. The topological polar surface area (TPSA) is 29.1 Å². The predicted molar refractivity (Wildman–Crippen MR) is 75.2 cm³/mol. The molecule has 3 fully saturated rings. The smallest absolute Gasteiger partial charge is 0.225 e. The molecule has 0 aromatic heterocycles. The summed E-state index contributed by atoms with van der Waals surface area (Å²) in [5, 5.41) is 3.32. The summed E-state index contributed by atoms with van der Waals surface area (Å²) in [5.74, 6) is 2.47. The number of fused-ring (bicyclic) bond motifs is 2. The van der Waals surface area contributed by atoms with Crippen LogP contribution in [0.15, 0.2) is 0 Å². The summed E-state index contributed by atoms with van der Waals surface area (Å²) in [4.78, 5) is 12.3. The molecular weight excluding hydrogens is 222 g/mol. The number of nitrogens with one attached hydrogen (secondary N) is 1. The van der Waals surface area contributed by atoms with Crippen LogP contribution in [-0.4, -0.2) is 11.9 Å². The highest BCUT2D eigenvalue weighted by Gasteiger charge is 2.56. The van der Waals surface area contributed by atoms with Gasteiger partial charge in [-0.2, -0.15) is 0 Å². The van der Waals surface area contributed by atoms with E-state index in [-0.39, 0.29) is 11.3 Å². The lowest BCUT2D eigenvalue weighted by Gasteiger charge is -2.62. The molecule has 0 heterocycles. The van der Waals surface area contributed by atoms with Crippen molar-refractivity contribution in [2.24, 2.45) is 28.6 Å². The minimum atomic E-state index is -0.225. The molecule has 2 unspecified atom stereocenters. The molecule has 0 aromatic rings. The molecular formula is C16H29NO. The second kappa shape index (κ2) is 4.25. The number of rotatable bonds is 3. The predicted octanol–water partition coefficient (Wildman–Crippen LogP) is 3.61. The van der Waals surface area contributed by atoms with Crippen molar-refractivity contribution < 1.29 is 4.79 Å². The summed E-state index contributed by atoms with van der Waals surface area (Å²) in [5.41, 5.74) is 0.276. The lowest BCUT2D eigenvalue weighted by atomic mass is 9.44. The van der Waals surface area contributed by atoms with Gasteiger partial charge in [-0.1, -0.05) is 41.5 Å². The van der Waals surface area contributed by atoms with E-state index in [0.29, 0.717) is 17.4 Å². The third kappa shape index (κ3) is 1.98. The average molecular weight is 251 g/mol. The molecule has 104 valence electrons. The van der Waals surface area contributed by atoms with Gasteiger partial charge in [0.15, 0.2) is 0 Å². The Balaban J connectivity index is 1.99. The van der Waals surface area contributed by atoms with Crippen LogP contribution < -0.4 is 5.32 Å². The van der Waals surface area contributed by atoms with Gasteiger partial charge in [-0.25, -0.2) is 0 Å². The lowest BCUT2D eigenvalue weighted by Crippen LogP contribution is -2.61. The Kier molecular flexibility index (Phi) is 3.28. The maximum atomic E-state index is 12.3. The lowest BCUT2D eigenvalue weighted by molar-refractivity contribution is -0.140. The molecule has 0 aliphatic heterocycles. The molecule has 1 N–H and O–H groups in total. The average Bonchev–Trinajstić information content (AvgIpc) is 2.30. The first-order chi connectivity index (χ1) is 8.20. The third-order valence-electron chi connectivity index (χ3n) is 6.17. The van der Waals surface area contributed by atoms with Crippen LogP contribution in [0, 0.1) is 28.6 Å². The van der Waals surface area contributed by atoms with Crippen LogP contribution >= 0.6 is 0 Å². The highest BCUT2D eigenvalue weighted by molar-refractivity contribution is 5.82. The molecule has 2 heteroatoms. The molecule has 3 aliphatic carbocycles. The van der Waals surface area contributed by atoms with E-state index in [9.17, 15) is 4.79 Å². The summed E-state index contributed by atoms with van der Waals surface area (Å²) in [6.45, 7) is 13.3. The standard InChI is InChI=1S/C16H29NO/c1-7-15(3,4)14(18)17-13-9-11-8-12(10(13)2)16(11,5)6/h10-13H,7-9H2,1-6H3,(H,17,18)/t10?,11?,12-,13-/m1/s1. The number of hydrogen-bond acceptors (Lipinski definition) is 1. The quantitative estimate of drug-likeness (QED) is 0.815. The first-order valence-electron chi connectivity index (χ1n) is 7.51. The second-order valence-corrected chi connectivity index (χ2v) is 7.77. The maximum Gasteiger partial charge on any atom is 0.225 e. The Morgan fingerprint density at radius 2 is 1.94 bits per heavy atom. The first-order valence-corrected chi connectivity index (χ1v) is 7.51. The van der Waals surface area contributed by atoms with Crippen LogP contribution in [0.2, 0.25) is 0 Å². The normalized spacial score (nSPS) is 37.9. The van der Waals surface area contributed by atoms with E-state index < -0.39 is 0 Å².